The van der Waals surface area contributed by atoms with Gasteiger partial charge in [-0.25, -0.2) is 4.39 Å². The van der Waals surface area contributed by atoms with Crippen molar-refractivity contribution in [1.82, 2.24) is 5.32 Å². The van der Waals surface area contributed by atoms with E-state index >= 15 is 0 Å². The van der Waals surface area contributed by atoms with Crippen molar-refractivity contribution in [2.75, 3.05) is 24.5 Å². The van der Waals surface area contributed by atoms with Crippen LogP contribution in [-0.2, 0) is 11.3 Å². The molecule has 0 radical (unpaired) electrons. The van der Waals surface area contributed by atoms with Crippen LogP contribution in [0.2, 0.25) is 0 Å². The number of amides is 1. The highest BCUT2D eigenvalue weighted by Gasteiger charge is 2.39. The molecule has 20 heavy (non-hydrogen) atoms. The van der Waals surface area contributed by atoms with E-state index in [-0.39, 0.29) is 11.7 Å². The third kappa shape index (κ3) is 2.93. The van der Waals surface area contributed by atoms with Crippen molar-refractivity contribution in [1.29, 1.82) is 0 Å². The van der Waals surface area contributed by atoms with E-state index in [0.29, 0.717) is 31.7 Å². The van der Waals surface area contributed by atoms with Crippen LogP contribution in [0.25, 0.3) is 0 Å². The van der Waals surface area contributed by atoms with E-state index in [9.17, 15) is 9.18 Å². The second-order valence-corrected chi connectivity index (χ2v) is 5.66. The van der Waals surface area contributed by atoms with Crippen molar-refractivity contribution in [3.63, 3.8) is 0 Å². The molecule has 1 unspecified atom stereocenters. The van der Waals surface area contributed by atoms with Crippen molar-refractivity contribution in [3.8, 4) is 0 Å². The molecular formula is C15H22FN3O. The zero-order valence-electron chi connectivity index (χ0n) is 12.1. The predicted octanol–water partition coefficient (Wildman–Crippen LogP) is 1.64. The van der Waals surface area contributed by atoms with Crippen molar-refractivity contribution >= 4 is 11.6 Å². The lowest BCUT2D eigenvalue weighted by molar-refractivity contribution is -0.125. The van der Waals surface area contributed by atoms with Gasteiger partial charge in [0.05, 0.1) is 11.1 Å². The van der Waals surface area contributed by atoms with Gasteiger partial charge in [0.2, 0.25) is 5.91 Å². The number of hydrogen-bond acceptors (Lipinski definition) is 3. The smallest absolute Gasteiger partial charge is 0.225 e. The molecule has 110 valence electrons. The Morgan fingerprint density at radius 2 is 2.30 bits per heavy atom. The summed E-state index contributed by atoms with van der Waals surface area (Å²) in [4.78, 5) is 13.4. The molecule has 0 aliphatic carbocycles. The first-order valence-electron chi connectivity index (χ1n) is 7.00. The molecule has 0 bridgehead atoms. The fourth-order valence-corrected chi connectivity index (χ4v) is 2.55. The number of benzene rings is 1. The molecule has 1 saturated heterocycles. The van der Waals surface area contributed by atoms with Gasteiger partial charge in [0.25, 0.3) is 0 Å². The van der Waals surface area contributed by atoms with Crippen LogP contribution < -0.4 is 16.0 Å². The lowest BCUT2D eigenvalue weighted by Gasteiger charge is -2.23. The maximum absolute atomic E-state index is 14.2. The summed E-state index contributed by atoms with van der Waals surface area (Å²) >= 11 is 0. The van der Waals surface area contributed by atoms with Gasteiger partial charge in [-0.15, -0.1) is 0 Å². The fourth-order valence-electron chi connectivity index (χ4n) is 2.55. The van der Waals surface area contributed by atoms with E-state index in [2.05, 4.69) is 5.32 Å². The molecule has 1 aliphatic heterocycles. The molecule has 5 heteroatoms. The maximum Gasteiger partial charge on any atom is 0.225 e. The molecule has 4 nitrogen and oxygen atoms in total. The summed E-state index contributed by atoms with van der Waals surface area (Å²) in [6, 6.07) is 5.26. The average Bonchev–Trinajstić information content (AvgIpc) is 2.80. The van der Waals surface area contributed by atoms with Gasteiger partial charge in [-0.3, -0.25) is 4.79 Å². The van der Waals surface area contributed by atoms with Crippen molar-refractivity contribution < 1.29 is 9.18 Å². The highest BCUT2D eigenvalue weighted by Crippen LogP contribution is 2.34. The highest BCUT2D eigenvalue weighted by molar-refractivity contribution is 5.82. The second-order valence-electron chi connectivity index (χ2n) is 5.66. The number of rotatable bonds is 5. The summed E-state index contributed by atoms with van der Waals surface area (Å²) in [6.45, 7) is 6.50. The van der Waals surface area contributed by atoms with Gasteiger partial charge in [0, 0.05) is 19.6 Å². The number of nitrogens with zero attached hydrogens (tertiary/aromatic N) is 1. The molecule has 1 fully saturated rings. The Kier molecular flexibility index (Phi) is 4.28. The van der Waals surface area contributed by atoms with E-state index in [1.54, 1.807) is 12.1 Å². The Morgan fingerprint density at radius 3 is 2.85 bits per heavy atom. The molecule has 1 atom stereocenters. The number of halogens is 1. The molecule has 0 saturated carbocycles. The predicted molar refractivity (Wildman–Crippen MR) is 77.9 cm³/mol. The van der Waals surface area contributed by atoms with E-state index < -0.39 is 5.41 Å². The Labute approximate surface area is 119 Å². The van der Waals surface area contributed by atoms with E-state index in [1.807, 2.05) is 24.8 Å². The van der Waals surface area contributed by atoms with Crippen LogP contribution in [0.4, 0.5) is 10.1 Å². The van der Waals surface area contributed by atoms with Crippen LogP contribution in [0.1, 0.15) is 25.8 Å². The third-order valence-corrected chi connectivity index (χ3v) is 4.00. The van der Waals surface area contributed by atoms with Crippen LogP contribution in [0.15, 0.2) is 18.2 Å². The van der Waals surface area contributed by atoms with Crippen LogP contribution in [0, 0.1) is 11.2 Å². The summed E-state index contributed by atoms with van der Waals surface area (Å²) < 4.78 is 14.2. The fraction of sp³-hybridized carbons (Fsp3) is 0.533. The first kappa shape index (κ1) is 14.8. The topological polar surface area (TPSA) is 58.4 Å². The number of nitrogens with one attached hydrogen (secondary N) is 1. The van der Waals surface area contributed by atoms with Crippen molar-refractivity contribution in [2.45, 2.75) is 26.8 Å². The Balaban J connectivity index is 2.12. The van der Waals surface area contributed by atoms with E-state index in [1.165, 1.54) is 0 Å². The number of primary amides is 1. The third-order valence-electron chi connectivity index (χ3n) is 4.00. The van der Waals surface area contributed by atoms with Crippen LogP contribution >= 0.6 is 0 Å². The Hall–Kier alpha value is -1.62. The van der Waals surface area contributed by atoms with E-state index in [0.717, 1.165) is 12.1 Å². The molecule has 1 heterocycles. The van der Waals surface area contributed by atoms with Gasteiger partial charge >= 0.3 is 0 Å². The van der Waals surface area contributed by atoms with Gasteiger partial charge in [0.1, 0.15) is 5.82 Å². The molecule has 3 N–H and O–H groups in total. The van der Waals surface area contributed by atoms with Crippen LogP contribution in [0.5, 0.6) is 0 Å². The quantitative estimate of drug-likeness (QED) is 0.861. The molecule has 0 spiro atoms. The normalized spacial score (nSPS) is 22.2. The molecule has 1 aromatic rings. The van der Waals surface area contributed by atoms with Gasteiger partial charge in [-0.2, -0.15) is 0 Å². The van der Waals surface area contributed by atoms with Crippen molar-refractivity contribution in [2.24, 2.45) is 11.1 Å². The Morgan fingerprint density at radius 1 is 1.55 bits per heavy atom. The van der Waals surface area contributed by atoms with Gasteiger partial charge in [-0.05, 0) is 37.6 Å². The average molecular weight is 279 g/mol. The minimum atomic E-state index is -0.561. The number of hydrogen-bond donors (Lipinski definition) is 2. The van der Waals surface area contributed by atoms with Gasteiger partial charge < -0.3 is 16.0 Å². The summed E-state index contributed by atoms with van der Waals surface area (Å²) in [5, 5.41) is 3.17. The number of carbonyl (C=O) groups excluding carboxylic acids is 1. The number of carbonyl (C=O) groups is 1. The lowest BCUT2D eigenvalue weighted by Crippen LogP contribution is -2.37. The van der Waals surface area contributed by atoms with Crippen LogP contribution in [0.3, 0.4) is 0 Å². The molecule has 1 aromatic carbocycles. The summed E-state index contributed by atoms with van der Waals surface area (Å²) in [5.41, 5.74) is 6.33. The maximum atomic E-state index is 14.2. The SMILES string of the molecule is CCNCc1ccc(N2CCC(C)(C(N)=O)C2)c(F)c1. The number of anilines is 1. The molecule has 2 rings (SSSR count). The summed E-state index contributed by atoms with van der Waals surface area (Å²) in [6.07, 6.45) is 0.668. The minimum absolute atomic E-state index is 0.242. The first-order chi connectivity index (χ1) is 9.46. The second kappa shape index (κ2) is 5.79. The minimum Gasteiger partial charge on any atom is -0.369 e. The van der Waals surface area contributed by atoms with Gasteiger partial charge in [-0.1, -0.05) is 13.0 Å². The van der Waals surface area contributed by atoms with E-state index in [4.69, 9.17) is 5.73 Å². The molecule has 1 amide bonds. The standard InChI is InChI=1S/C15H22FN3O/c1-3-18-9-11-4-5-13(12(16)8-11)19-7-6-15(2,10-19)14(17)20/h4-5,8,18H,3,6-7,9-10H2,1-2H3,(H2,17,20). The van der Waals surface area contributed by atoms with Crippen molar-refractivity contribution in [3.05, 3.63) is 29.6 Å². The first-order valence-corrected chi connectivity index (χ1v) is 7.00. The summed E-state index contributed by atoms with van der Waals surface area (Å²) in [5.74, 6) is -0.557. The number of nitrogens with two attached hydrogens (primary N) is 1. The molecule has 1 aliphatic rings. The van der Waals surface area contributed by atoms with Gasteiger partial charge in [0.15, 0.2) is 0 Å². The summed E-state index contributed by atoms with van der Waals surface area (Å²) in [7, 11) is 0. The monoisotopic (exact) mass is 279 g/mol. The zero-order valence-corrected chi connectivity index (χ0v) is 12.1. The Bertz CT molecular complexity index is 506. The highest BCUT2D eigenvalue weighted by atomic mass is 19.1. The lowest BCUT2D eigenvalue weighted by atomic mass is 9.89. The van der Waals surface area contributed by atoms with Crippen LogP contribution in [-0.4, -0.2) is 25.5 Å². The molecular weight excluding hydrogens is 257 g/mol. The largest absolute Gasteiger partial charge is 0.369 e. The molecule has 0 aromatic heterocycles. The zero-order chi connectivity index (χ0) is 14.8.